The second-order valence-electron chi connectivity index (χ2n) is 20.9. The molecule has 0 saturated carbocycles. The van der Waals surface area contributed by atoms with Crippen LogP contribution in [0.15, 0.2) is 146 Å². The minimum Gasteiger partial charge on any atom is -0.479 e. The summed E-state index contributed by atoms with van der Waals surface area (Å²) in [5.74, 6) is -3.29. The molecule has 83 heavy (non-hydrogen) atoms. The van der Waals surface area contributed by atoms with Crippen molar-refractivity contribution >= 4 is 23.9 Å². The number of carboxylic acid groups (broad SMARTS) is 1. The molecule has 1 aliphatic heterocycles. The summed E-state index contributed by atoms with van der Waals surface area (Å²) in [7, 11) is 0. The van der Waals surface area contributed by atoms with E-state index >= 15 is 0 Å². The van der Waals surface area contributed by atoms with Gasteiger partial charge in [-0.2, -0.15) is 0 Å². The van der Waals surface area contributed by atoms with E-state index in [2.05, 4.69) is 148 Å². The maximum Gasteiger partial charge on any atom is 0.335 e. The van der Waals surface area contributed by atoms with Gasteiger partial charge in [0.15, 0.2) is 24.6 Å². The van der Waals surface area contributed by atoms with E-state index in [-0.39, 0.29) is 25.9 Å². The molecule has 0 aliphatic carbocycles. The lowest BCUT2D eigenvalue weighted by Crippen LogP contribution is -2.61. The van der Waals surface area contributed by atoms with E-state index in [9.17, 15) is 34.5 Å². The van der Waals surface area contributed by atoms with E-state index in [1.165, 1.54) is 19.3 Å². The Bertz CT molecular complexity index is 2000. The van der Waals surface area contributed by atoms with Crippen LogP contribution in [0.5, 0.6) is 0 Å². The number of aliphatic hydroxyl groups excluding tert-OH is 2. The topological polar surface area (TPSA) is 175 Å². The third kappa shape index (κ3) is 46.6. The molecule has 1 heterocycles. The maximum atomic E-state index is 13.2. The van der Waals surface area contributed by atoms with Crippen LogP contribution in [0.4, 0.5) is 0 Å². The first-order chi connectivity index (χ1) is 40.6. The van der Waals surface area contributed by atoms with Gasteiger partial charge in [-0.1, -0.05) is 224 Å². The average Bonchev–Trinajstić information content (AvgIpc) is 3.55. The van der Waals surface area contributed by atoms with Crippen LogP contribution < -0.4 is 0 Å². The fourth-order valence-corrected chi connectivity index (χ4v) is 8.59. The first-order valence-corrected chi connectivity index (χ1v) is 31.8. The Morgan fingerprint density at radius 1 is 0.410 bits per heavy atom. The van der Waals surface area contributed by atoms with Crippen molar-refractivity contribution in [3.63, 3.8) is 0 Å². The molecule has 0 radical (unpaired) electrons. The second-order valence-corrected chi connectivity index (χ2v) is 20.9. The highest BCUT2D eigenvalue weighted by Gasteiger charge is 2.50. The number of ether oxygens (including phenoxy) is 5. The minimum absolute atomic E-state index is 0.0762. The minimum atomic E-state index is -1.94. The molecule has 1 rings (SSSR count). The fraction of sp³-hybridized carbons (Fsp3) is 0.606. The van der Waals surface area contributed by atoms with Gasteiger partial charge in [-0.3, -0.25) is 14.4 Å². The number of hydrogen-bond acceptors (Lipinski definition) is 11. The molecule has 0 aromatic rings. The predicted molar refractivity (Wildman–Crippen MR) is 339 cm³/mol. The Kier molecular flexibility index (Phi) is 52.0. The lowest BCUT2D eigenvalue weighted by Gasteiger charge is -2.40. The highest BCUT2D eigenvalue weighted by molar-refractivity contribution is 5.74. The number of hydrogen-bond donors (Lipinski definition) is 3. The van der Waals surface area contributed by atoms with Crippen molar-refractivity contribution in [3.05, 3.63) is 146 Å². The number of aliphatic hydroxyl groups is 2. The normalized spacial score (nSPS) is 18.6. The highest BCUT2D eigenvalue weighted by atomic mass is 16.7. The summed E-state index contributed by atoms with van der Waals surface area (Å²) >= 11 is 0. The molecule has 466 valence electrons. The largest absolute Gasteiger partial charge is 0.479 e. The van der Waals surface area contributed by atoms with E-state index < -0.39 is 67.3 Å². The molecule has 0 bridgehead atoms. The Morgan fingerprint density at radius 3 is 1.20 bits per heavy atom. The molecule has 3 N–H and O–H groups in total. The summed E-state index contributed by atoms with van der Waals surface area (Å²) < 4.78 is 28.4. The van der Waals surface area contributed by atoms with Crippen LogP contribution >= 0.6 is 0 Å². The van der Waals surface area contributed by atoms with Gasteiger partial charge in [0, 0.05) is 19.3 Å². The van der Waals surface area contributed by atoms with E-state index in [4.69, 9.17) is 23.7 Å². The molecule has 12 heteroatoms. The van der Waals surface area contributed by atoms with Gasteiger partial charge in [-0.05, 0) is 128 Å². The molecule has 0 amide bonds. The van der Waals surface area contributed by atoms with Gasteiger partial charge in [0.05, 0.1) is 6.61 Å². The number of carbonyl (C=O) groups excluding carboxylic acids is 3. The molecule has 12 nitrogen and oxygen atoms in total. The zero-order valence-corrected chi connectivity index (χ0v) is 51.4. The maximum absolute atomic E-state index is 13.2. The molecule has 1 fully saturated rings. The molecule has 6 unspecified atom stereocenters. The molecule has 0 aromatic heterocycles. The van der Waals surface area contributed by atoms with Crippen LogP contribution in [0, 0.1) is 0 Å². The summed E-state index contributed by atoms with van der Waals surface area (Å²) in [5, 5.41) is 31.6. The van der Waals surface area contributed by atoms with Crippen molar-refractivity contribution in [2.45, 2.75) is 263 Å². The molecular weight excluding hydrogens is 1040 g/mol. The number of aliphatic carboxylic acids is 1. The van der Waals surface area contributed by atoms with Gasteiger partial charge < -0.3 is 39.0 Å². The fourth-order valence-electron chi connectivity index (χ4n) is 8.59. The van der Waals surface area contributed by atoms with Crippen molar-refractivity contribution in [2.24, 2.45) is 0 Å². The lowest BCUT2D eigenvalue weighted by molar-refractivity contribution is -0.301. The van der Waals surface area contributed by atoms with E-state index in [1.807, 2.05) is 18.2 Å². The smallest absolute Gasteiger partial charge is 0.335 e. The lowest BCUT2D eigenvalue weighted by atomic mass is 9.98. The van der Waals surface area contributed by atoms with Gasteiger partial charge in [0.2, 0.25) is 0 Å². The van der Waals surface area contributed by atoms with Crippen molar-refractivity contribution in [1.82, 2.24) is 0 Å². The summed E-state index contributed by atoms with van der Waals surface area (Å²) in [6.07, 6.45) is 69.5. The molecular formula is C71H110O12. The van der Waals surface area contributed by atoms with E-state index in [0.717, 1.165) is 141 Å². The highest BCUT2D eigenvalue weighted by Crippen LogP contribution is 2.26. The van der Waals surface area contributed by atoms with Crippen LogP contribution in [0.25, 0.3) is 0 Å². The number of carboxylic acids is 1. The summed E-state index contributed by atoms with van der Waals surface area (Å²) in [4.78, 5) is 51.3. The number of allylic oxidation sites excluding steroid dienone is 24. The first-order valence-electron chi connectivity index (χ1n) is 31.8. The SMILES string of the molecule is CC/C=C\C/C=C\C/C=C\C/C=C\C/C=C\C/C=C\CCC(=O)OC1C(OCC(COC(=O)CCCCCC/C=C\C/C=C\C/C=C\C/C=C\CC)OC(=O)CCCCCCCCC/C=C\C/C=C\CCCCC)OC(C(=O)O)C(O)C1O. The van der Waals surface area contributed by atoms with Gasteiger partial charge in [-0.15, -0.1) is 0 Å². The van der Waals surface area contributed by atoms with Gasteiger partial charge in [-0.25, -0.2) is 4.79 Å². The van der Waals surface area contributed by atoms with Crippen molar-refractivity contribution in [2.75, 3.05) is 13.2 Å². The molecule has 1 saturated heterocycles. The molecule has 0 aromatic carbocycles. The first kappa shape index (κ1) is 75.6. The third-order valence-electron chi connectivity index (χ3n) is 13.4. The van der Waals surface area contributed by atoms with E-state index in [0.29, 0.717) is 25.7 Å². The molecule has 1 aliphatic rings. The Hall–Kier alpha value is -5.40. The standard InChI is InChI=1S/C71H110O12/c1-4-7-10-13-16-19-22-25-28-31-32-35-38-41-44-47-50-53-56-59-65(74)82-69-67(76)66(75)68(70(77)78)83-71(69)80-61-62(81-64(73)58-55-52-49-46-43-40-37-34-30-27-24-21-18-15-12-9-6-3)60-79-63(72)57-54-51-48-45-42-39-36-33-29-26-23-20-17-14-11-8-5-2/h7-8,10-11,16-21,25-30,32,35-36,39,41,44,50,53,62,66-69,71,75-76H,4-6,9,12-15,22-24,31,33-34,37-38,40,42-43,45-49,51-52,54-61H2,1-3H3,(H,77,78)/b10-7-,11-8-,19-16-,20-17-,21-18-,28-25-,29-26-,30-27-,35-32-,39-36-,44-41-,53-50-. The Morgan fingerprint density at radius 2 is 0.783 bits per heavy atom. The van der Waals surface area contributed by atoms with Gasteiger partial charge in [0.1, 0.15) is 18.8 Å². The van der Waals surface area contributed by atoms with Crippen LogP contribution in [0.3, 0.4) is 0 Å². The quantitative estimate of drug-likeness (QED) is 0.0228. The number of carbonyl (C=O) groups is 4. The van der Waals surface area contributed by atoms with Gasteiger partial charge in [0.25, 0.3) is 0 Å². The van der Waals surface area contributed by atoms with Crippen LogP contribution in [-0.4, -0.2) is 89.2 Å². The molecule has 6 atom stereocenters. The predicted octanol–water partition coefficient (Wildman–Crippen LogP) is 17.1. The molecule has 0 spiro atoms. The van der Waals surface area contributed by atoms with Crippen LogP contribution in [-0.2, 0) is 42.9 Å². The second kappa shape index (κ2) is 57.1. The van der Waals surface area contributed by atoms with Gasteiger partial charge >= 0.3 is 23.9 Å². The summed E-state index contributed by atoms with van der Waals surface area (Å²) in [6.45, 7) is 5.68. The van der Waals surface area contributed by atoms with Crippen molar-refractivity contribution in [1.29, 1.82) is 0 Å². The van der Waals surface area contributed by atoms with Crippen molar-refractivity contribution < 1.29 is 58.2 Å². The van der Waals surface area contributed by atoms with Crippen LogP contribution in [0.1, 0.15) is 226 Å². The third-order valence-corrected chi connectivity index (χ3v) is 13.4. The average molecular weight is 1160 g/mol. The number of rotatable bonds is 52. The van der Waals surface area contributed by atoms with Crippen molar-refractivity contribution in [3.8, 4) is 0 Å². The number of esters is 3. The Labute approximate surface area is 502 Å². The Balaban J connectivity index is 2.75. The zero-order chi connectivity index (χ0) is 60.3. The summed E-state index contributed by atoms with van der Waals surface area (Å²) in [6, 6.07) is 0. The van der Waals surface area contributed by atoms with Crippen LogP contribution in [0.2, 0.25) is 0 Å². The number of unbranched alkanes of at least 4 members (excludes halogenated alkanes) is 14. The monoisotopic (exact) mass is 1150 g/mol. The zero-order valence-electron chi connectivity index (χ0n) is 51.4. The summed E-state index contributed by atoms with van der Waals surface area (Å²) in [5.41, 5.74) is 0. The van der Waals surface area contributed by atoms with E-state index in [1.54, 1.807) is 0 Å².